The minimum atomic E-state index is -0.245. The predicted octanol–water partition coefficient (Wildman–Crippen LogP) is 5.14. The van der Waals surface area contributed by atoms with Crippen LogP contribution in [0.1, 0.15) is 81.9 Å². The summed E-state index contributed by atoms with van der Waals surface area (Å²) >= 11 is 0. The molecule has 45 heavy (non-hydrogen) atoms. The monoisotopic (exact) mass is 611 g/mol. The number of aromatic amines is 2. The van der Waals surface area contributed by atoms with Crippen LogP contribution in [0.5, 0.6) is 0 Å². The van der Waals surface area contributed by atoms with Gasteiger partial charge in [-0.1, -0.05) is 25.8 Å². The van der Waals surface area contributed by atoms with Crippen LogP contribution in [-0.2, 0) is 16.0 Å². The van der Waals surface area contributed by atoms with Gasteiger partial charge in [0.05, 0.1) is 17.2 Å². The van der Waals surface area contributed by atoms with E-state index in [0.29, 0.717) is 50.8 Å². The summed E-state index contributed by atoms with van der Waals surface area (Å²) in [5.74, 6) is 0.838. The molecule has 238 valence electrons. The SMILES string of the molecule is Cc1cc(C[C@@H](CCC(=O)N2CCC(n3c(=O)[nH]c4ncccc43)CC2)C(=O)N2CCC3(CCC(C)CC3)C2)cc2cn[nH]c12. The Hall–Kier alpha value is -3.95. The van der Waals surface area contributed by atoms with Crippen LogP contribution in [0.4, 0.5) is 0 Å². The fourth-order valence-electron chi connectivity index (χ4n) is 8.34. The molecular weight excluding hydrogens is 566 g/mol. The second-order valence-electron chi connectivity index (χ2n) is 14.2. The first-order valence-electron chi connectivity index (χ1n) is 16.8. The number of hydrogen-bond donors (Lipinski definition) is 2. The van der Waals surface area contributed by atoms with E-state index in [-0.39, 0.29) is 34.9 Å². The zero-order chi connectivity index (χ0) is 31.1. The van der Waals surface area contributed by atoms with Gasteiger partial charge in [0.1, 0.15) is 0 Å². The molecule has 3 aromatic heterocycles. The summed E-state index contributed by atoms with van der Waals surface area (Å²) in [6, 6.07) is 8.07. The van der Waals surface area contributed by atoms with E-state index < -0.39 is 0 Å². The smallest absolute Gasteiger partial charge is 0.327 e. The summed E-state index contributed by atoms with van der Waals surface area (Å²) in [6.07, 6.45) is 12.5. The maximum absolute atomic E-state index is 14.2. The van der Waals surface area contributed by atoms with Crippen LogP contribution in [0, 0.1) is 24.2 Å². The molecule has 1 spiro atoms. The van der Waals surface area contributed by atoms with Gasteiger partial charge in [0.2, 0.25) is 11.8 Å². The molecule has 3 aliphatic rings. The zero-order valence-corrected chi connectivity index (χ0v) is 26.6. The van der Waals surface area contributed by atoms with Gasteiger partial charge in [-0.05, 0) is 92.5 Å². The molecule has 2 saturated heterocycles. The van der Waals surface area contributed by atoms with E-state index in [4.69, 9.17) is 0 Å². The molecule has 0 unspecified atom stereocenters. The molecule has 4 aromatic rings. The Morgan fingerprint density at radius 1 is 1.07 bits per heavy atom. The molecule has 5 heterocycles. The summed E-state index contributed by atoms with van der Waals surface area (Å²) in [7, 11) is 0. The summed E-state index contributed by atoms with van der Waals surface area (Å²) in [4.78, 5) is 51.6. The fourth-order valence-corrected chi connectivity index (χ4v) is 8.34. The van der Waals surface area contributed by atoms with Crippen LogP contribution in [0.2, 0.25) is 0 Å². The number of carbonyl (C=O) groups is 2. The third kappa shape index (κ3) is 5.91. The first-order chi connectivity index (χ1) is 21.8. The number of fused-ring (bicyclic) bond motifs is 2. The largest absolute Gasteiger partial charge is 0.343 e. The predicted molar refractivity (Wildman–Crippen MR) is 174 cm³/mol. The lowest BCUT2D eigenvalue weighted by atomic mass is 9.70. The Balaban J connectivity index is 1.03. The minimum absolute atomic E-state index is 0.0279. The molecule has 3 fully saturated rings. The van der Waals surface area contributed by atoms with E-state index in [1.165, 1.54) is 25.7 Å². The fraction of sp³-hybridized carbons (Fsp3) is 0.571. The Bertz CT molecular complexity index is 1750. The lowest BCUT2D eigenvalue weighted by molar-refractivity contribution is -0.136. The highest BCUT2D eigenvalue weighted by Crippen LogP contribution is 2.46. The number of hydrogen-bond acceptors (Lipinski definition) is 5. The lowest BCUT2D eigenvalue weighted by Crippen LogP contribution is -2.41. The van der Waals surface area contributed by atoms with Crippen LogP contribution in [0.15, 0.2) is 41.5 Å². The average molecular weight is 612 g/mol. The quantitative estimate of drug-likeness (QED) is 0.300. The second kappa shape index (κ2) is 12.1. The van der Waals surface area contributed by atoms with E-state index in [2.05, 4.69) is 51.0 Å². The van der Waals surface area contributed by atoms with E-state index >= 15 is 0 Å². The van der Waals surface area contributed by atoms with Crippen molar-refractivity contribution in [3.63, 3.8) is 0 Å². The van der Waals surface area contributed by atoms with Gasteiger partial charge in [0.25, 0.3) is 0 Å². The number of imidazole rings is 1. The van der Waals surface area contributed by atoms with E-state index in [0.717, 1.165) is 53.0 Å². The molecule has 2 aliphatic heterocycles. The van der Waals surface area contributed by atoms with Crippen molar-refractivity contribution in [3.8, 4) is 0 Å². The topological polar surface area (TPSA) is 120 Å². The number of aryl methyl sites for hydroxylation is 1. The van der Waals surface area contributed by atoms with Gasteiger partial charge in [-0.15, -0.1) is 0 Å². The highest BCUT2D eigenvalue weighted by atomic mass is 16.2. The highest BCUT2D eigenvalue weighted by molar-refractivity contribution is 5.84. The molecule has 1 aromatic carbocycles. The standard InChI is InChI=1S/C35H45N7O3/c1-23-7-11-35(12-8-23)13-17-41(22-35)33(44)26(19-25-18-24(2)31-27(20-25)21-37-39-31)5-6-30(43)40-15-9-28(10-16-40)42-29-4-3-14-36-32(29)38-34(42)45/h3-4,14,18,20-21,23,26,28H,5-13,15-17,19,22H2,1-2H3,(H,37,39)(H,36,38,45)/t23?,26-,35?/m1/s1. The Morgan fingerprint density at radius 2 is 1.87 bits per heavy atom. The minimum Gasteiger partial charge on any atom is -0.343 e. The maximum Gasteiger partial charge on any atom is 0.327 e. The van der Waals surface area contributed by atoms with Crippen LogP contribution >= 0.6 is 0 Å². The normalized spacial score (nSPS) is 23.4. The Kier molecular flexibility index (Phi) is 8.00. The van der Waals surface area contributed by atoms with Gasteiger partial charge in [0, 0.05) is 56.1 Å². The van der Waals surface area contributed by atoms with Crippen molar-refractivity contribution in [2.24, 2.45) is 17.3 Å². The lowest BCUT2D eigenvalue weighted by Gasteiger charge is -2.36. The van der Waals surface area contributed by atoms with Crippen molar-refractivity contribution in [3.05, 3.63) is 58.3 Å². The second-order valence-corrected chi connectivity index (χ2v) is 14.2. The van der Waals surface area contributed by atoms with Gasteiger partial charge in [-0.25, -0.2) is 9.78 Å². The van der Waals surface area contributed by atoms with E-state index in [9.17, 15) is 14.4 Å². The summed E-state index contributed by atoms with van der Waals surface area (Å²) in [6.45, 7) is 7.31. The van der Waals surface area contributed by atoms with Crippen molar-refractivity contribution in [2.75, 3.05) is 26.2 Å². The number of nitrogens with one attached hydrogen (secondary N) is 2. The third-order valence-corrected chi connectivity index (χ3v) is 11.1. The molecular formula is C35H45N7O3. The molecule has 10 heteroatoms. The number of nitrogens with zero attached hydrogens (tertiary/aromatic N) is 5. The molecule has 10 nitrogen and oxygen atoms in total. The van der Waals surface area contributed by atoms with Gasteiger partial charge in [-0.3, -0.25) is 24.2 Å². The Labute approximate surface area is 263 Å². The van der Waals surface area contributed by atoms with Gasteiger partial charge >= 0.3 is 5.69 Å². The van der Waals surface area contributed by atoms with Gasteiger partial charge < -0.3 is 9.80 Å². The third-order valence-electron chi connectivity index (χ3n) is 11.1. The van der Waals surface area contributed by atoms with Crippen molar-refractivity contribution >= 4 is 33.9 Å². The molecule has 2 N–H and O–H groups in total. The number of rotatable bonds is 7. The van der Waals surface area contributed by atoms with E-state index in [1.54, 1.807) is 10.8 Å². The molecule has 1 aliphatic carbocycles. The number of pyridine rings is 1. The van der Waals surface area contributed by atoms with Crippen LogP contribution in [0.25, 0.3) is 22.1 Å². The molecule has 0 bridgehead atoms. The van der Waals surface area contributed by atoms with Crippen molar-refractivity contribution in [1.29, 1.82) is 0 Å². The van der Waals surface area contributed by atoms with Crippen LogP contribution in [-0.4, -0.2) is 72.5 Å². The Morgan fingerprint density at radius 3 is 2.67 bits per heavy atom. The molecule has 1 saturated carbocycles. The summed E-state index contributed by atoms with van der Waals surface area (Å²) in [5.41, 5.74) is 4.80. The summed E-state index contributed by atoms with van der Waals surface area (Å²) in [5, 5.41) is 8.34. The number of carbonyl (C=O) groups excluding carboxylic acids is 2. The summed E-state index contributed by atoms with van der Waals surface area (Å²) < 4.78 is 1.80. The average Bonchev–Trinajstić information content (AvgIpc) is 3.77. The number of likely N-dealkylation sites (tertiary alicyclic amines) is 2. The first-order valence-corrected chi connectivity index (χ1v) is 16.8. The molecule has 2 amide bonds. The van der Waals surface area contributed by atoms with Crippen LogP contribution < -0.4 is 5.69 Å². The number of aromatic nitrogens is 5. The van der Waals surface area contributed by atoms with Crippen molar-refractivity contribution < 1.29 is 9.59 Å². The van der Waals surface area contributed by atoms with Gasteiger partial charge in [-0.2, -0.15) is 5.10 Å². The molecule has 0 radical (unpaired) electrons. The first kappa shape index (κ1) is 29.7. The number of benzene rings is 1. The number of amides is 2. The van der Waals surface area contributed by atoms with Crippen molar-refractivity contribution in [1.82, 2.24) is 34.5 Å². The highest BCUT2D eigenvalue weighted by Gasteiger charge is 2.43. The maximum atomic E-state index is 14.2. The molecule has 1 atom stereocenters. The zero-order valence-electron chi connectivity index (χ0n) is 26.6. The number of H-pyrrole nitrogens is 2. The number of piperidine rings is 1. The van der Waals surface area contributed by atoms with Crippen LogP contribution in [0.3, 0.4) is 0 Å². The van der Waals surface area contributed by atoms with Gasteiger partial charge in [0.15, 0.2) is 5.65 Å². The van der Waals surface area contributed by atoms with Crippen molar-refractivity contribution in [2.45, 2.75) is 84.1 Å². The van der Waals surface area contributed by atoms with E-state index in [1.807, 2.05) is 23.2 Å². The molecule has 7 rings (SSSR count).